The lowest BCUT2D eigenvalue weighted by Crippen LogP contribution is -2.05. The molecule has 126 valence electrons. The molecule has 0 aliphatic rings. The minimum atomic E-state index is -0.500. The molecule has 0 aromatic carbocycles. The fourth-order valence-corrected chi connectivity index (χ4v) is 2.71. The van der Waals surface area contributed by atoms with Crippen molar-refractivity contribution in [3.8, 4) is 22.4 Å². The molecule has 3 N–H and O–H groups in total. The van der Waals surface area contributed by atoms with Crippen LogP contribution in [-0.2, 0) is 4.79 Å². The zero-order chi connectivity index (χ0) is 17.9. The lowest BCUT2D eigenvalue weighted by atomic mass is 10.0. The number of hydrogen-bond donors (Lipinski definition) is 2. The standard InChI is InChI=1S/C19H14N6O/c20-18(26)2-1-12-5-13(8-22-7-12)14-6-15-16(10-24-19(15)23-9-14)17-3-4-21-11-25-17/h1-11H,(H2,20,26)(H,23,24). The molecule has 0 bridgehead atoms. The summed E-state index contributed by atoms with van der Waals surface area (Å²) < 4.78 is 0. The first kappa shape index (κ1) is 15.6. The Bertz CT molecular complexity index is 1120. The number of amides is 1. The minimum absolute atomic E-state index is 0.500. The predicted molar refractivity (Wildman–Crippen MR) is 98.6 cm³/mol. The van der Waals surface area contributed by atoms with Gasteiger partial charge in [-0.1, -0.05) is 0 Å². The molecule has 0 spiro atoms. The van der Waals surface area contributed by atoms with Gasteiger partial charge in [0.25, 0.3) is 0 Å². The van der Waals surface area contributed by atoms with Gasteiger partial charge < -0.3 is 10.7 Å². The van der Waals surface area contributed by atoms with Crippen LogP contribution in [0.15, 0.2) is 61.6 Å². The van der Waals surface area contributed by atoms with Crippen LogP contribution in [0.25, 0.3) is 39.5 Å². The topological polar surface area (TPSA) is 110 Å². The Morgan fingerprint density at radius 1 is 1.08 bits per heavy atom. The number of nitrogens with zero attached hydrogens (tertiary/aromatic N) is 4. The lowest BCUT2D eigenvalue weighted by molar-refractivity contribution is -0.113. The first-order chi connectivity index (χ1) is 12.7. The van der Waals surface area contributed by atoms with Gasteiger partial charge in [0, 0.05) is 59.1 Å². The van der Waals surface area contributed by atoms with Crippen molar-refractivity contribution in [3.63, 3.8) is 0 Å². The third kappa shape index (κ3) is 3.05. The molecule has 0 atom stereocenters. The largest absolute Gasteiger partial charge is 0.366 e. The van der Waals surface area contributed by atoms with E-state index in [-0.39, 0.29) is 0 Å². The molecule has 7 heteroatoms. The summed E-state index contributed by atoms with van der Waals surface area (Å²) in [6, 6.07) is 5.81. The quantitative estimate of drug-likeness (QED) is 0.554. The average molecular weight is 342 g/mol. The zero-order valence-corrected chi connectivity index (χ0v) is 13.6. The number of carbonyl (C=O) groups excluding carboxylic acids is 1. The molecule has 7 nitrogen and oxygen atoms in total. The number of pyridine rings is 2. The van der Waals surface area contributed by atoms with Crippen molar-refractivity contribution >= 4 is 23.0 Å². The summed E-state index contributed by atoms with van der Waals surface area (Å²) >= 11 is 0. The number of fused-ring (bicyclic) bond motifs is 1. The van der Waals surface area contributed by atoms with Crippen LogP contribution in [0, 0.1) is 0 Å². The molecule has 0 aliphatic heterocycles. The second-order valence-electron chi connectivity index (χ2n) is 5.66. The van der Waals surface area contributed by atoms with Gasteiger partial charge in [0.05, 0.1) is 5.69 Å². The van der Waals surface area contributed by atoms with Gasteiger partial charge in [0.1, 0.15) is 12.0 Å². The summed E-state index contributed by atoms with van der Waals surface area (Å²) in [6.07, 6.45) is 13.2. The highest BCUT2D eigenvalue weighted by molar-refractivity contribution is 5.95. The summed E-state index contributed by atoms with van der Waals surface area (Å²) in [5.41, 5.74) is 10.3. The first-order valence-corrected chi connectivity index (χ1v) is 7.87. The van der Waals surface area contributed by atoms with Crippen LogP contribution in [-0.4, -0.2) is 30.8 Å². The Balaban J connectivity index is 1.78. The number of nitrogens with one attached hydrogen (secondary N) is 1. The van der Waals surface area contributed by atoms with Crippen molar-refractivity contribution in [1.29, 1.82) is 0 Å². The van der Waals surface area contributed by atoms with Crippen LogP contribution >= 0.6 is 0 Å². The number of carbonyl (C=O) groups is 1. The van der Waals surface area contributed by atoms with Crippen LogP contribution in [0.5, 0.6) is 0 Å². The molecule has 4 aromatic rings. The monoisotopic (exact) mass is 342 g/mol. The van der Waals surface area contributed by atoms with E-state index >= 15 is 0 Å². The Labute approximate surface area is 148 Å². The van der Waals surface area contributed by atoms with Crippen LogP contribution in [0.2, 0.25) is 0 Å². The van der Waals surface area contributed by atoms with Gasteiger partial charge in [0.2, 0.25) is 5.91 Å². The van der Waals surface area contributed by atoms with Gasteiger partial charge in [-0.25, -0.2) is 15.0 Å². The molecule has 4 heterocycles. The van der Waals surface area contributed by atoms with E-state index in [9.17, 15) is 4.79 Å². The molecule has 0 saturated carbocycles. The maximum Gasteiger partial charge on any atom is 0.241 e. The van der Waals surface area contributed by atoms with Gasteiger partial charge in [-0.15, -0.1) is 0 Å². The SMILES string of the molecule is NC(=O)C=Cc1cncc(-c2cnc3[nH]cc(-c4ccncn4)c3c2)c1. The van der Waals surface area contributed by atoms with Gasteiger partial charge in [-0.2, -0.15) is 0 Å². The molecule has 1 amide bonds. The van der Waals surface area contributed by atoms with Crippen molar-refractivity contribution < 1.29 is 4.79 Å². The van der Waals surface area contributed by atoms with E-state index in [4.69, 9.17) is 5.73 Å². The first-order valence-electron chi connectivity index (χ1n) is 7.87. The summed E-state index contributed by atoms with van der Waals surface area (Å²) in [4.78, 5) is 31.0. The van der Waals surface area contributed by atoms with E-state index in [2.05, 4.69) is 24.9 Å². The smallest absolute Gasteiger partial charge is 0.241 e. The summed E-state index contributed by atoms with van der Waals surface area (Å²) in [5, 5.41) is 0.958. The number of nitrogens with two attached hydrogens (primary N) is 1. The highest BCUT2D eigenvalue weighted by atomic mass is 16.1. The Morgan fingerprint density at radius 2 is 1.96 bits per heavy atom. The maximum atomic E-state index is 10.9. The average Bonchev–Trinajstić information content (AvgIpc) is 3.10. The van der Waals surface area contributed by atoms with E-state index in [1.54, 1.807) is 30.9 Å². The van der Waals surface area contributed by atoms with Crippen molar-refractivity contribution in [3.05, 3.63) is 67.2 Å². The van der Waals surface area contributed by atoms with Crippen LogP contribution < -0.4 is 5.73 Å². The summed E-state index contributed by atoms with van der Waals surface area (Å²) in [7, 11) is 0. The van der Waals surface area contributed by atoms with Crippen LogP contribution in [0.1, 0.15) is 5.56 Å². The van der Waals surface area contributed by atoms with E-state index in [0.29, 0.717) is 0 Å². The zero-order valence-electron chi connectivity index (χ0n) is 13.6. The van der Waals surface area contributed by atoms with Crippen molar-refractivity contribution in [1.82, 2.24) is 24.9 Å². The van der Waals surface area contributed by atoms with Gasteiger partial charge in [-0.3, -0.25) is 9.78 Å². The maximum absolute atomic E-state index is 10.9. The molecule has 4 aromatic heterocycles. The number of aromatic nitrogens is 5. The minimum Gasteiger partial charge on any atom is -0.366 e. The van der Waals surface area contributed by atoms with Gasteiger partial charge in [0.15, 0.2) is 0 Å². The summed E-state index contributed by atoms with van der Waals surface area (Å²) in [6.45, 7) is 0. The molecule has 4 rings (SSSR count). The van der Waals surface area contributed by atoms with Gasteiger partial charge >= 0.3 is 0 Å². The number of H-pyrrole nitrogens is 1. The Kier molecular flexibility index (Phi) is 3.95. The molecular formula is C19H14N6O. The van der Waals surface area contributed by atoms with E-state index in [1.165, 1.54) is 12.4 Å². The van der Waals surface area contributed by atoms with Crippen molar-refractivity contribution in [2.75, 3.05) is 0 Å². The van der Waals surface area contributed by atoms with E-state index in [0.717, 1.165) is 39.0 Å². The number of primary amides is 1. The molecule has 0 radical (unpaired) electrons. The van der Waals surface area contributed by atoms with Crippen LogP contribution in [0.4, 0.5) is 0 Å². The second kappa shape index (κ2) is 6.56. The molecule has 0 fully saturated rings. The fraction of sp³-hybridized carbons (Fsp3) is 0. The van der Waals surface area contributed by atoms with Crippen molar-refractivity contribution in [2.45, 2.75) is 0 Å². The van der Waals surface area contributed by atoms with Crippen LogP contribution in [0.3, 0.4) is 0 Å². The number of rotatable bonds is 4. The normalized spacial score (nSPS) is 11.2. The number of aromatic amines is 1. The number of hydrogen-bond acceptors (Lipinski definition) is 5. The lowest BCUT2D eigenvalue weighted by Gasteiger charge is -2.04. The molecule has 26 heavy (non-hydrogen) atoms. The third-order valence-electron chi connectivity index (χ3n) is 3.92. The highest BCUT2D eigenvalue weighted by Crippen LogP contribution is 2.29. The highest BCUT2D eigenvalue weighted by Gasteiger charge is 2.10. The molecular weight excluding hydrogens is 328 g/mol. The molecule has 0 unspecified atom stereocenters. The fourth-order valence-electron chi connectivity index (χ4n) is 2.71. The van der Waals surface area contributed by atoms with E-state index < -0.39 is 5.91 Å². The Hall–Kier alpha value is -3.87. The van der Waals surface area contributed by atoms with Crippen molar-refractivity contribution in [2.24, 2.45) is 5.73 Å². The Morgan fingerprint density at radius 3 is 2.77 bits per heavy atom. The van der Waals surface area contributed by atoms with Gasteiger partial charge in [-0.05, 0) is 29.8 Å². The van der Waals surface area contributed by atoms with E-state index in [1.807, 2.05) is 24.4 Å². The molecule has 0 aliphatic carbocycles. The predicted octanol–water partition coefficient (Wildman–Crippen LogP) is 2.58. The third-order valence-corrected chi connectivity index (χ3v) is 3.92. The summed E-state index contributed by atoms with van der Waals surface area (Å²) in [5.74, 6) is -0.500. The second-order valence-corrected chi connectivity index (χ2v) is 5.66. The molecule has 0 saturated heterocycles.